The number of nitrogens with zero attached hydrogens (tertiary/aromatic N) is 2. The van der Waals surface area contributed by atoms with Gasteiger partial charge in [-0.15, -0.1) is 0 Å². The zero-order valence-electron chi connectivity index (χ0n) is 12.2. The van der Waals surface area contributed by atoms with E-state index in [1.165, 1.54) is 12.7 Å². The molecular formula is C16H18N2O3. The molecule has 0 bridgehead atoms. The Morgan fingerprint density at radius 2 is 1.90 bits per heavy atom. The van der Waals surface area contributed by atoms with Crippen LogP contribution in [0, 0.1) is 0 Å². The van der Waals surface area contributed by atoms with E-state index in [4.69, 9.17) is 9.47 Å². The summed E-state index contributed by atoms with van der Waals surface area (Å²) in [5.74, 6) is 1.18. The van der Waals surface area contributed by atoms with E-state index in [-0.39, 0.29) is 0 Å². The average Bonchev–Trinajstić information content (AvgIpc) is 2.54. The van der Waals surface area contributed by atoms with Crippen molar-refractivity contribution in [2.24, 2.45) is 0 Å². The first-order valence-corrected chi connectivity index (χ1v) is 6.90. The second-order valence-electron chi connectivity index (χ2n) is 5.26. The monoisotopic (exact) mass is 286 g/mol. The fraction of sp³-hybridized carbons (Fsp3) is 0.375. The smallest absolute Gasteiger partial charge is 0.238 e. The normalized spacial score (nSPS) is 20.7. The van der Waals surface area contributed by atoms with Crippen molar-refractivity contribution in [1.82, 2.24) is 9.97 Å². The summed E-state index contributed by atoms with van der Waals surface area (Å²) in [5, 5.41) is 11.0. The molecule has 5 heteroatoms. The van der Waals surface area contributed by atoms with Crippen molar-refractivity contribution in [1.29, 1.82) is 0 Å². The zero-order valence-corrected chi connectivity index (χ0v) is 12.2. The predicted molar refractivity (Wildman–Crippen MR) is 77.5 cm³/mol. The van der Waals surface area contributed by atoms with E-state index in [0.29, 0.717) is 24.4 Å². The third kappa shape index (κ3) is 2.45. The molecule has 3 rings (SSSR count). The number of fused-ring (bicyclic) bond motifs is 1. The molecule has 0 fully saturated rings. The minimum Gasteiger partial charge on any atom is -0.497 e. The van der Waals surface area contributed by atoms with Gasteiger partial charge in [0.1, 0.15) is 17.0 Å². The van der Waals surface area contributed by atoms with Gasteiger partial charge in [-0.25, -0.2) is 4.98 Å². The first-order valence-electron chi connectivity index (χ1n) is 6.90. The second kappa shape index (κ2) is 5.33. The maximum absolute atomic E-state index is 11.0. The van der Waals surface area contributed by atoms with Crippen LogP contribution in [0.3, 0.4) is 0 Å². The summed E-state index contributed by atoms with van der Waals surface area (Å²) in [6.45, 7) is 0. The Morgan fingerprint density at radius 3 is 2.67 bits per heavy atom. The van der Waals surface area contributed by atoms with Crippen LogP contribution in [0.5, 0.6) is 11.6 Å². The van der Waals surface area contributed by atoms with E-state index in [0.717, 1.165) is 17.7 Å². The molecule has 1 aromatic carbocycles. The molecule has 0 radical (unpaired) electrons. The van der Waals surface area contributed by atoms with Crippen LogP contribution in [-0.2, 0) is 18.4 Å². The minimum absolute atomic E-state index is 0.381. The third-order valence-corrected chi connectivity index (χ3v) is 4.00. The second-order valence-corrected chi connectivity index (χ2v) is 5.26. The number of rotatable bonds is 3. The topological polar surface area (TPSA) is 64.5 Å². The highest BCUT2D eigenvalue weighted by Crippen LogP contribution is 2.39. The third-order valence-electron chi connectivity index (χ3n) is 4.00. The maximum Gasteiger partial charge on any atom is 0.238 e. The van der Waals surface area contributed by atoms with Gasteiger partial charge in [0, 0.05) is 18.8 Å². The molecule has 0 saturated heterocycles. The highest BCUT2D eigenvalue weighted by Gasteiger charge is 2.38. The number of methoxy groups -OCH3 is 2. The van der Waals surface area contributed by atoms with Crippen LogP contribution < -0.4 is 9.47 Å². The fourth-order valence-electron chi connectivity index (χ4n) is 2.88. The first kappa shape index (κ1) is 13.8. The molecular weight excluding hydrogens is 268 g/mol. The summed E-state index contributed by atoms with van der Waals surface area (Å²) in [4.78, 5) is 8.43. The van der Waals surface area contributed by atoms with Gasteiger partial charge in [-0.2, -0.15) is 0 Å². The average molecular weight is 286 g/mol. The van der Waals surface area contributed by atoms with Gasteiger partial charge in [0.05, 0.1) is 14.2 Å². The molecule has 1 heterocycles. The molecule has 110 valence electrons. The van der Waals surface area contributed by atoms with E-state index in [9.17, 15) is 5.11 Å². The first-order chi connectivity index (χ1) is 10.2. The van der Waals surface area contributed by atoms with E-state index < -0.39 is 5.60 Å². The van der Waals surface area contributed by atoms with Crippen LogP contribution >= 0.6 is 0 Å². The Hall–Kier alpha value is -2.14. The number of hydrogen-bond acceptors (Lipinski definition) is 5. The molecule has 5 nitrogen and oxygen atoms in total. The lowest BCUT2D eigenvalue weighted by molar-refractivity contribution is 0.0149. The van der Waals surface area contributed by atoms with Crippen molar-refractivity contribution in [3.05, 3.63) is 47.4 Å². The van der Waals surface area contributed by atoms with Gasteiger partial charge in [-0.05, 0) is 36.1 Å². The summed E-state index contributed by atoms with van der Waals surface area (Å²) in [5.41, 5.74) is 1.76. The van der Waals surface area contributed by atoms with Crippen LogP contribution in [0.15, 0.2) is 30.6 Å². The molecule has 0 saturated carbocycles. The predicted octanol–water partition coefficient (Wildman–Crippen LogP) is 1.87. The molecule has 0 amide bonds. The zero-order chi connectivity index (χ0) is 14.9. The molecule has 0 spiro atoms. The molecule has 21 heavy (non-hydrogen) atoms. The number of benzene rings is 1. The van der Waals surface area contributed by atoms with Crippen molar-refractivity contribution in [2.45, 2.75) is 24.9 Å². The molecule has 1 aliphatic carbocycles. The van der Waals surface area contributed by atoms with Gasteiger partial charge < -0.3 is 14.6 Å². The van der Waals surface area contributed by atoms with E-state index in [2.05, 4.69) is 16.0 Å². The number of hydrogen-bond donors (Lipinski definition) is 1. The summed E-state index contributed by atoms with van der Waals surface area (Å²) in [6, 6.07) is 5.98. The van der Waals surface area contributed by atoms with Crippen molar-refractivity contribution in [3.8, 4) is 11.6 Å². The number of ether oxygens (including phenoxy) is 2. The highest BCUT2D eigenvalue weighted by atomic mass is 16.5. The van der Waals surface area contributed by atoms with Crippen molar-refractivity contribution in [2.75, 3.05) is 14.2 Å². The van der Waals surface area contributed by atoms with Crippen LogP contribution in [0.2, 0.25) is 0 Å². The number of aryl methyl sites for hydroxylation is 1. The Morgan fingerprint density at radius 1 is 1.10 bits per heavy atom. The lowest BCUT2D eigenvalue weighted by atomic mass is 9.78. The maximum atomic E-state index is 11.0. The molecule has 1 aliphatic rings. The lowest BCUT2D eigenvalue weighted by Gasteiger charge is -2.33. The van der Waals surface area contributed by atoms with Gasteiger partial charge >= 0.3 is 0 Å². The van der Waals surface area contributed by atoms with Crippen molar-refractivity contribution in [3.63, 3.8) is 0 Å². The standard InChI is InChI=1S/C16H18N2O3/c1-20-13-4-3-11-5-6-16(19,10-12(11)9-13)14-15(21-2)18-8-7-17-14/h3-4,7-9,19H,5-6,10H2,1-2H3. The molecule has 1 aromatic heterocycles. The van der Waals surface area contributed by atoms with Crippen LogP contribution in [0.4, 0.5) is 0 Å². The summed E-state index contributed by atoms with van der Waals surface area (Å²) < 4.78 is 10.5. The van der Waals surface area contributed by atoms with E-state index in [1.807, 2.05) is 12.1 Å². The summed E-state index contributed by atoms with van der Waals surface area (Å²) in [7, 11) is 3.18. The Kier molecular flexibility index (Phi) is 3.51. The Labute approximate surface area is 123 Å². The van der Waals surface area contributed by atoms with Crippen LogP contribution in [0.25, 0.3) is 0 Å². The molecule has 1 N–H and O–H groups in total. The molecule has 1 atom stereocenters. The van der Waals surface area contributed by atoms with E-state index in [1.54, 1.807) is 19.5 Å². The Bertz CT molecular complexity index is 660. The summed E-state index contributed by atoms with van der Waals surface area (Å²) in [6.07, 6.45) is 5.01. The molecule has 2 aromatic rings. The fourth-order valence-corrected chi connectivity index (χ4v) is 2.88. The molecule has 1 unspecified atom stereocenters. The van der Waals surface area contributed by atoms with Crippen molar-refractivity contribution < 1.29 is 14.6 Å². The van der Waals surface area contributed by atoms with Gasteiger partial charge in [0.2, 0.25) is 5.88 Å². The van der Waals surface area contributed by atoms with Gasteiger partial charge in [-0.3, -0.25) is 4.98 Å². The summed E-state index contributed by atoms with van der Waals surface area (Å²) >= 11 is 0. The number of aliphatic hydroxyl groups is 1. The van der Waals surface area contributed by atoms with Crippen LogP contribution in [-0.4, -0.2) is 29.3 Å². The quantitative estimate of drug-likeness (QED) is 0.933. The largest absolute Gasteiger partial charge is 0.497 e. The van der Waals surface area contributed by atoms with Crippen molar-refractivity contribution >= 4 is 0 Å². The Balaban J connectivity index is 2.00. The minimum atomic E-state index is -1.06. The number of aromatic nitrogens is 2. The lowest BCUT2D eigenvalue weighted by Crippen LogP contribution is -2.34. The van der Waals surface area contributed by atoms with Gasteiger partial charge in [0.15, 0.2) is 0 Å². The SMILES string of the molecule is COc1ccc2c(c1)CC(O)(c1nccnc1OC)CC2. The molecule has 0 aliphatic heterocycles. The van der Waals surface area contributed by atoms with Crippen LogP contribution in [0.1, 0.15) is 23.2 Å². The highest BCUT2D eigenvalue weighted by molar-refractivity contribution is 5.40. The van der Waals surface area contributed by atoms with Gasteiger partial charge in [-0.1, -0.05) is 6.07 Å². The van der Waals surface area contributed by atoms with E-state index >= 15 is 0 Å². The van der Waals surface area contributed by atoms with Gasteiger partial charge in [0.25, 0.3) is 0 Å².